The number of sulfonamides is 1. The summed E-state index contributed by atoms with van der Waals surface area (Å²) in [5.41, 5.74) is 0.611. The average molecular weight is 323 g/mol. The summed E-state index contributed by atoms with van der Waals surface area (Å²) in [6, 6.07) is 5.89. The Hall–Kier alpha value is -0.690. The molecule has 1 heterocycles. The number of halogens is 2. The largest absolute Gasteiger partial charge is 0.309 e. The number of rotatable bonds is 3. The van der Waals surface area contributed by atoms with Gasteiger partial charge in [-0.3, -0.25) is 0 Å². The van der Waals surface area contributed by atoms with Crippen LogP contribution in [0.25, 0.3) is 0 Å². The highest BCUT2D eigenvalue weighted by Gasteiger charge is 2.29. The van der Waals surface area contributed by atoms with Crippen LogP contribution in [0.4, 0.5) is 4.39 Å². The molecule has 1 N–H and O–H groups in total. The summed E-state index contributed by atoms with van der Waals surface area (Å²) >= 11 is 0. The minimum Gasteiger partial charge on any atom is -0.309 e. The molecule has 7 heteroatoms. The summed E-state index contributed by atoms with van der Waals surface area (Å²) in [5.74, 6) is -0.433. The summed E-state index contributed by atoms with van der Waals surface area (Å²) in [5, 5.41) is 3.30. The van der Waals surface area contributed by atoms with Crippen molar-refractivity contribution in [3.63, 3.8) is 0 Å². The third-order valence-corrected chi connectivity index (χ3v) is 4.96. The molecule has 0 radical (unpaired) electrons. The van der Waals surface area contributed by atoms with E-state index in [0.717, 1.165) is 0 Å². The number of hydrogen-bond acceptors (Lipinski definition) is 3. The third kappa shape index (κ3) is 4.41. The molecule has 2 atom stereocenters. The summed E-state index contributed by atoms with van der Waals surface area (Å²) in [6.45, 7) is 4.90. The van der Waals surface area contributed by atoms with Gasteiger partial charge in [-0.25, -0.2) is 12.8 Å². The Bertz CT molecular complexity index is 526. The van der Waals surface area contributed by atoms with Gasteiger partial charge in [0, 0.05) is 25.2 Å². The van der Waals surface area contributed by atoms with Crippen LogP contribution in [0.2, 0.25) is 0 Å². The minimum absolute atomic E-state index is 0. The predicted octanol–water partition coefficient (Wildman–Crippen LogP) is 1.76. The van der Waals surface area contributed by atoms with E-state index in [-0.39, 0.29) is 36.1 Å². The van der Waals surface area contributed by atoms with Crippen molar-refractivity contribution in [1.29, 1.82) is 0 Å². The van der Waals surface area contributed by atoms with Crippen molar-refractivity contribution in [2.75, 3.05) is 13.1 Å². The van der Waals surface area contributed by atoms with E-state index in [1.165, 1.54) is 28.6 Å². The van der Waals surface area contributed by atoms with Crippen LogP contribution in [0.5, 0.6) is 0 Å². The van der Waals surface area contributed by atoms with Crippen molar-refractivity contribution in [2.24, 2.45) is 0 Å². The summed E-state index contributed by atoms with van der Waals surface area (Å²) in [6.07, 6.45) is 0. The van der Waals surface area contributed by atoms with E-state index in [0.29, 0.717) is 18.7 Å². The SMILES string of the molecule is CC1CN(S(=O)(=O)Cc2ccc(F)cc2)CC(C)N1.Cl. The van der Waals surface area contributed by atoms with Gasteiger partial charge in [-0.15, -0.1) is 12.4 Å². The molecule has 20 heavy (non-hydrogen) atoms. The minimum atomic E-state index is -3.34. The molecule has 1 aliphatic rings. The topological polar surface area (TPSA) is 49.4 Å². The van der Waals surface area contributed by atoms with Gasteiger partial charge >= 0.3 is 0 Å². The number of piperazine rings is 1. The molecule has 1 fully saturated rings. The van der Waals surface area contributed by atoms with Crippen LogP contribution >= 0.6 is 12.4 Å². The molecule has 0 aromatic heterocycles. The summed E-state index contributed by atoms with van der Waals surface area (Å²) in [4.78, 5) is 0. The van der Waals surface area contributed by atoms with Gasteiger partial charge in [-0.05, 0) is 31.5 Å². The first-order chi connectivity index (χ1) is 8.87. The fourth-order valence-corrected chi connectivity index (χ4v) is 4.08. The molecule has 2 rings (SSSR count). The number of hydrogen-bond donors (Lipinski definition) is 1. The molecular weight excluding hydrogens is 303 g/mol. The second kappa shape index (κ2) is 6.85. The third-order valence-electron chi connectivity index (χ3n) is 3.18. The lowest BCUT2D eigenvalue weighted by Crippen LogP contribution is -2.55. The zero-order valence-electron chi connectivity index (χ0n) is 11.5. The Morgan fingerprint density at radius 3 is 2.20 bits per heavy atom. The normalized spacial score (nSPS) is 24.1. The summed E-state index contributed by atoms with van der Waals surface area (Å²) in [7, 11) is -3.34. The Labute approximate surface area is 125 Å². The molecule has 1 aromatic carbocycles. The monoisotopic (exact) mass is 322 g/mol. The van der Waals surface area contributed by atoms with Crippen LogP contribution in [0.1, 0.15) is 19.4 Å². The molecule has 0 saturated carbocycles. The molecular formula is C13H20ClFN2O2S. The van der Waals surface area contributed by atoms with Crippen molar-refractivity contribution in [3.8, 4) is 0 Å². The van der Waals surface area contributed by atoms with Crippen LogP contribution in [0.15, 0.2) is 24.3 Å². The molecule has 1 aliphatic heterocycles. The molecule has 114 valence electrons. The van der Waals surface area contributed by atoms with Gasteiger partial charge in [0.05, 0.1) is 5.75 Å². The molecule has 4 nitrogen and oxygen atoms in total. The van der Waals surface area contributed by atoms with E-state index in [2.05, 4.69) is 5.32 Å². The Morgan fingerprint density at radius 2 is 1.70 bits per heavy atom. The number of benzene rings is 1. The van der Waals surface area contributed by atoms with E-state index in [1.807, 2.05) is 13.8 Å². The van der Waals surface area contributed by atoms with Crippen molar-refractivity contribution in [3.05, 3.63) is 35.6 Å². The quantitative estimate of drug-likeness (QED) is 0.922. The van der Waals surface area contributed by atoms with E-state index in [4.69, 9.17) is 0 Å². The lowest BCUT2D eigenvalue weighted by atomic mass is 10.2. The standard InChI is InChI=1S/C13H19FN2O2S.ClH/c1-10-7-16(8-11(2)15-10)19(17,18)9-12-3-5-13(14)6-4-12;/h3-6,10-11,15H,7-9H2,1-2H3;1H. The molecule has 0 bridgehead atoms. The van der Waals surface area contributed by atoms with E-state index in [1.54, 1.807) is 0 Å². The molecule has 0 amide bonds. The highest BCUT2D eigenvalue weighted by molar-refractivity contribution is 7.88. The molecule has 0 aliphatic carbocycles. The lowest BCUT2D eigenvalue weighted by Gasteiger charge is -2.35. The fourth-order valence-electron chi connectivity index (χ4n) is 2.39. The molecule has 2 unspecified atom stereocenters. The maximum absolute atomic E-state index is 12.8. The highest BCUT2D eigenvalue weighted by Crippen LogP contribution is 2.15. The van der Waals surface area contributed by atoms with Gasteiger partial charge in [0.1, 0.15) is 5.82 Å². The van der Waals surface area contributed by atoms with E-state index < -0.39 is 10.0 Å². The number of nitrogens with one attached hydrogen (secondary N) is 1. The fraction of sp³-hybridized carbons (Fsp3) is 0.538. The first kappa shape index (κ1) is 17.4. The second-order valence-electron chi connectivity index (χ2n) is 5.17. The highest BCUT2D eigenvalue weighted by atomic mass is 35.5. The van der Waals surface area contributed by atoms with E-state index >= 15 is 0 Å². The maximum atomic E-state index is 12.8. The Kier molecular flexibility index (Phi) is 5.94. The van der Waals surface area contributed by atoms with Gasteiger partial charge in [0.15, 0.2) is 0 Å². The summed E-state index contributed by atoms with van der Waals surface area (Å²) < 4.78 is 39.0. The average Bonchev–Trinajstić information content (AvgIpc) is 2.31. The first-order valence-corrected chi connectivity index (χ1v) is 7.96. The Morgan fingerprint density at radius 1 is 1.20 bits per heavy atom. The van der Waals surface area contributed by atoms with Gasteiger partial charge in [0.2, 0.25) is 10.0 Å². The van der Waals surface area contributed by atoms with Crippen LogP contribution in [0, 0.1) is 5.82 Å². The smallest absolute Gasteiger partial charge is 0.218 e. The number of nitrogens with zero attached hydrogens (tertiary/aromatic N) is 1. The lowest BCUT2D eigenvalue weighted by molar-refractivity contribution is 0.262. The predicted molar refractivity (Wildman–Crippen MR) is 79.9 cm³/mol. The van der Waals surface area contributed by atoms with Gasteiger partial charge in [0.25, 0.3) is 0 Å². The van der Waals surface area contributed by atoms with Crippen LogP contribution in [-0.4, -0.2) is 37.9 Å². The van der Waals surface area contributed by atoms with Gasteiger partial charge in [-0.1, -0.05) is 12.1 Å². The zero-order chi connectivity index (χ0) is 14.0. The zero-order valence-corrected chi connectivity index (χ0v) is 13.2. The first-order valence-electron chi connectivity index (χ1n) is 6.35. The maximum Gasteiger partial charge on any atom is 0.218 e. The Balaban J connectivity index is 0.00000200. The van der Waals surface area contributed by atoms with Crippen LogP contribution < -0.4 is 5.32 Å². The van der Waals surface area contributed by atoms with Crippen molar-refractivity contribution in [1.82, 2.24) is 9.62 Å². The van der Waals surface area contributed by atoms with Gasteiger partial charge < -0.3 is 5.32 Å². The van der Waals surface area contributed by atoms with Crippen molar-refractivity contribution >= 4 is 22.4 Å². The van der Waals surface area contributed by atoms with Crippen LogP contribution in [-0.2, 0) is 15.8 Å². The molecule has 1 aromatic rings. The van der Waals surface area contributed by atoms with Crippen LogP contribution in [0.3, 0.4) is 0 Å². The molecule has 0 spiro atoms. The van der Waals surface area contributed by atoms with Crippen molar-refractivity contribution < 1.29 is 12.8 Å². The molecule has 1 saturated heterocycles. The van der Waals surface area contributed by atoms with E-state index in [9.17, 15) is 12.8 Å². The second-order valence-corrected chi connectivity index (χ2v) is 7.14. The van der Waals surface area contributed by atoms with Crippen molar-refractivity contribution in [2.45, 2.75) is 31.7 Å². The van der Waals surface area contributed by atoms with Gasteiger partial charge in [-0.2, -0.15) is 4.31 Å².